The van der Waals surface area contributed by atoms with Crippen LogP contribution in [0.3, 0.4) is 0 Å². The monoisotopic (exact) mass is 543 g/mol. The van der Waals surface area contributed by atoms with Crippen molar-refractivity contribution in [2.75, 3.05) is 33.5 Å². The molecule has 2 aromatic rings. The van der Waals surface area contributed by atoms with Crippen LogP contribution in [-0.4, -0.2) is 49.3 Å². The summed E-state index contributed by atoms with van der Waals surface area (Å²) in [4.78, 5) is 11.5. The number of thiazole rings is 1. The van der Waals surface area contributed by atoms with Crippen molar-refractivity contribution in [3.05, 3.63) is 39.8 Å². The third-order valence-corrected chi connectivity index (χ3v) is 6.26. The second-order valence-corrected chi connectivity index (χ2v) is 8.63. The summed E-state index contributed by atoms with van der Waals surface area (Å²) in [5.41, 5.74) is 2.35. The number of likely N-dealkylation sites (tertiary alicyclic amines) is 1. The van der Waals surface area contributed by atoms with E-state index in [1.807, 2.05) is 25.2 Å². The zero-order valence-electron chi connectivity index (χ0n) is 17.5. The summed E-state index contributed by atoms with van der Waals surface area (Å²) >= 11 is 1.73. The molecular weight excluding hydrogens is 513 g/mol. The molecule has 0 atom stereocenters. The van der Waals surface area contributed by atoms with Gasteiger partial charge in [0.2, 0.25) is 6.79 Å². The van der Waals surface area contributed by atoms with Crippen LogP contribution in [0.5, 0.6) is 11.5 Å². The molecule has 7 nitrogen and oxygen atoms in total. The highest BCUT2D eigenvalue weighted by Gasteiger charge is 2.20. The third kappa shape index (κ3) is 6.21. The molecule has 0 saturated carbocycles. The molecule has 2 aliphatic heterocycles. The summed E-state index contributed by atoms with van der Waals surface area (Å²) in [7, 11) is 1.81. The van der Waals surface area contributed by atoms with Crippen molar-refractivity contribution in [2.24, 2.45) is 10.9 Å². The van der Waals surface area contributed by atoms with Crippen LogP contribution in [0.15, 0.2) is 28.6 Å². The molecule has 0 aliphatic carbocycles. The first-order valence-corrected chi connectivity index (χ1v) is 11.0. The van der Waals surface area contributed by atoms with Gasteiger partial charge in [0.1, 0.15) is 0 Å². The molecule has 30 heavy (non-hydrogen) atoms. The Hall–Kier alpha value is -1.59. The maximum absolute atomic E-state index is 5.44. The molecule has 0 bridgehead atoms. The highest BCUT2D eigenvalue weighted by atomic mass is 127. The number of nitrogens with zero attached hydrogens (tertiary/aromatic N) is 3. The Kier molecular flexibility index (Phi) is 8.58. The number of benzene rings is 1. The van der Waals surface area contributed by atoms with E-state index in [0.29, 0.717) is 19.3 Å². The number of hydrogen-bond acceptors (Lipinski definition) is 6. The smallest absolute Gasteiger partial charge is 0.231 e. The molecule has 2 aliphatic rings. The molecule has 0 radical (unpaired) electrons. The van der Waals surface area contributed by atoms with E-state index in [4.69, 9.17) is 9.47 Å². The summed E-state index contributed by atoms with van der Waals surface area (Å²) in [5.74, 6) is 3.13. The first kappa shape index (κ1) is 23.1. The molecule has 0 amide bonds. The Labute approximate surface area is 199 Å². The SMILES string of the molecule is CN=C(NCc1ccc2c(c1)OCO2)NCC1CCN(Cc2csc(C)n2)CC1.I. The van der Waals surface area contributed by atoms with Gasteiger partial charge in [-0.1, -0.05) is 6.07 Å². The Morgan fingerprint density at radius 1 is 1.23 bits per heavy atom. The Balaban J connectivity index is 0.00000256. The molecule has 1 aromatic carbocycles. The number of rotatable bonds is 6. The third-order valence-electron chi connectivity index (χ3n) is 5.44. The van der Waals surface area contributed by atoms with Gasteiger partial charge in [-0.2, -0.15) is 0 Å². The summed E-state index contributed by atoms with van der Waals surface area (Å²) in [6, 6.07) is 6.02. The van der Waals surface area contributed by atoms with Crippen LogP contribution in [-0.2, 0) is 13.1 Å². The van der Waals surface area contributed by atoms with E-state index in [2.05, 4.69) is 37.8 Å². The molecule has 1 fully saturated rings. The molecule has 4 rings (SSSR count). The van der Waals surface area contributed by atoms with Gasteiger partial charge in [-0.3, -0.25) is 9.89 Å². The minimum atomic E-state index is 0. The Morgan fingerprint density at radius 3 is 2.77 bits per heavy atom. The number of aryl methyl sites for hydroxylation is 1. The zero-order valence-corrected chi connectivity index (χ0v) is 20.7. The van der Waals surface area contributed by atoms with Crippen molar-refractivity contribution in [1.29, 1.82) is 0 Å². The van der Waals surface area contributed by atoms with Crippen molar-refractivity contribution >= 4 is 41.3 Å². The van der Waals surface area contributed by atoms with Gasteiger partial charge in [0.15, 0.2) is 17.5 Å². The van der Waals surface area contributed by atoms with E-state index in [0.717, 1.165) is 54.2 Å². The van der Waals surface area contributed by atoms with E-state index in [-0.39, 0.29) is 24.0 Å². The lowest BCUT2D eigenvalue weighted by atomic mass is 9.97. The Bertz CT molecular complexity index is 852. The fraction of sp³-hybridized carbons (Fsp3) is 0.524. The Morgan fingerprint density at radius 2 is 2.03 bits per heavy atom. The lowest BCUT2D eigenvalue weighted by molar-refractivity contribution is 0.174. The number of ether oxygens (including phenoxy) is 2. The predicted molar refractivity (Wildman–Crippen MR) is 131 cm³/mol. The quantitative estimate of drug-likeness (QED) is 0.331. The maximum Gasteiger partial charge on any atom is 0.231 e. The molecule has 0 spiro atoms. The van der Waals surface area contributed by atoms with Crippen molar-refractivity contribution < 1.29 is 9.47 Å². The van der Waals surface area contributed by atoms with Gasteiger partial charge in [-0.05, 0) is 56.5 Å². The van der Waals surface area contributed by atoms with E-state index >= 15 is 0 Å². The van der Waals surface area contributed by atoms with Crippen LogP contribution >= 0.6 is 35.3 Å². The number of guanidine groups is 1. The highest BCUT2D eigenvalue weighted by molar-refractivity contribution is 14.0. The largest absolute Gasteiger partial charge is 0.454 e. The summed E-state index contributed by atoms with van der Waals surface area (Å²) in [6.07, 6.45) is 2.41. The normalized spacial score (nSPS) is 16.9. The van der Waals surface area contributed by atoms with E-state index < -0.39 is 0 Å². The molecular formula is C21H30IN5O2S. The van der Waals surface area contributed by atoms with Gasteiger partial charge in [-0.25, -0.2) is 4.98 Å². The number of aliphatic imine (C=N–C) groups is 1. The fourth-order valence-corrected chi connectivity index (χ4v) is 4.36. The van der Waals surface area contributed by atoms with Gasteiger partial charge >= 0.3 is 0 Å². The second kappa shape index (κ2) is 11.1. The maximum atomic E-state index is 5.44. The molecule has 9 heteroatoms. The lowest BCUT2D eigenvalue weighted by Crippen LogP contribution is -2.42. The van der Waals surface area contributed by atoms with Crippen LogP contribution in [0.1, 0.15) is 29.1 Å². The number of piperidine rings is 1. The topological polar surface area (TPSA) is 71.0 Å². The zero-order chi connectivity index (χ0) is 20.1. The van der Waals surface area contributed by atoms with Crippen molar-refractivity contribution in [2.45, 2.75) is 32.9 Å². The minimum absolute atomic E-state index is 0. The van der Waals surface area contributed by atoms with Gasteiger partial charge in [0, 0.05) is 32.1 Å². The van der Waals surface area contributed by atoms with Crippen LogP contribution in [0.4, 0.5) is 0 Å². The number of nitrogens with one attached hydrogen (secondary N) is 2. The minimum Gasteiger partial charge on any atom is -0.454 e. The number of hydrogen-bond donors (Lipinski definition) is 2. The average Bonchev–Trinajstić information content (AvgIpc) is 3.37. The summed E-state index contributed by atoms with van der Waals surface area (Å²) in [5, 5.41) is 10.2. The summed E-state index contributed by atoms with van der Waals surface area (Å²) in [6.45, 7) is 7.25. The van der Waals surface area contributed by atoms with E-state index in [9.17, 15) is 0 Å². The molecule has 2 N–H and O–H groups in total. The first-order valence-electron chi connectivity index (χ1n) is 10.2. The molecule has 164 valence electrons. The van der Waals surface area contributed by atoms with Crippen molar-refractivity contribution in [3.63, 3.8) is 0 Å². The predicted octanol–water partition coefficient (Wildman–Crippen LogP) is 3.38. The van der Waals surface area contributed by atoms with Crippen molar-refractivity contribution in [1.82, 2.24) is 20.5 Å². The van der Waals surface area contributed by atoms with Crippen LogP contribution < -0.4 is 20.1 Å². The number of fused-ring (bicyclic) bond motifs is 1. The van der Waals surface area contributed by atoms with Crippen LogP contribution in [0, 0.1) is 12.8 Å². The van der Waals surface area contributed by atoms with Gasteiger partial charge in [0.05, 0.1) is 10.7 Å². The molecule has 1 saturated heterocycles. The molecule has 1 aromatic heterocycles. The average molecular weight is 543 g/mol. The fourth-order valence-electron chi connectivity index (χ4n) is 3.76. The van der Waals surface area contributed by atoms with Gasteiger partial charge in [-0.15, -0.1) is 35.3 Å². The summed E-state index contributed by atoms with van der Waals surface area (Å²) < 4.78 is 10.8. The van der Waals surface area contributed by atoms with Gasteiger partial charge < -0.3 is 20.1 Å². The first-order chi connectivity index (χ1) is 14.2. The lowest BCUT2D eigenvalue weighted by Gasteiger charge is -2.31. The second-order valence-electron chi connectivity index (χ2n) is 7.57. The van der Waals surface area contributed by atoms with E-state index in [1.54, 1.807) is 11.3 Å². The van der Waals surface area contributed by atoms with Gasteiger partial charge in [0.25, 0.3) is 0 Å². The number of halogens is 1. The molecule has 0 unspecified atom stereocenters. The van der Waals surface area contributed by atoms with Crippen LogP contribution in [0.25, 0.3) is 0 Å². The van der Waals surface area contributed by atoms with E-state index in [1.165, 1.54) is 18.5 Å². The molecule has 3 heterocycles. The van der Waals surface area contributed by atoms with Crippen molar-refractivity contribution in [3.8, 4) is 11.5 Å². The highest BCUT2D eigenvalue weighted by Crippen LogP contribution is 2.32. The van der Waals surface area contributed by atoms with Crippen LogP contribution in [0.2, 0.25) is 0 Å². The standard InChI is InChI=1S/C21H29N5O2S.HI/c1-15-25-18(13-29-15)12-26-7-5-16(6-8-26)10-23-21(22-2)24-11-17-3-4-19-20(9-17)28-14-27-19;/h3-4,9,13,16H,5-8,10-12,14H2,1-2H3,(H2,22,23,24);1H. The number of aromatic nitrogens is 1.